The third kappa shape index (κ3) is 5.12. The molecule has 1 aliphatic rings. The van der Waals surface area contributed by atoms with Gasteiger partial charge in [0.1, 0.15) is 5.75 Å². The van der Waals surface area contributed by atoms with Crippen LogP contribution in [0.25, 0.3) is 0 Å². The summed E-state index contributed by atoms with van der Waals surface area (Å²) in [6.07, 6.45) is -0.950. The van der Waals surface area contributed by atoms with Gasteiger partial charge in [-0.25, -0.2) is 4.79 Å². The Bertz CT molecular complexity index is 913. The minimum absolute atomic E-state index is 0.0942. The number of hydrogen-bond donors (Lipinski definition) is 1. The van der Waals surface area contributed by atoms with Crippen molar-refractivity contribution in [2.45, 2.75) is 19.4 Å². The molecule has 0 spiro atoms. The molecule has 2 aromatic rings. The highest BCUT2D eigenvalue weighted by Crippen LogP contribution is 2.35. The largest absolute Gasteiger partial charge is 0.466 e. The van der Waals surface area contributed by atoms with Crippen molar-refractivity contribution in [3.8, 4) is 17.2 Å². The van der Waals surface area contributed by atoms with E-state index in [0.29, 0.717) is 17.1 Å². The molecule has 3 rings (SSSR count). The van der Waals surface area contributed by atoms with E-state index in [4.69, 9.17) is 18.9 Å². The van der Waals surface area contributed by atoms with Crippen LogP contribution in [0.3, 0.4) is 0 Å². The lowest BCUT2D eigenvalue weighted by Crippen LogP contribution is -2.32. The number of nitrogens with one attached hydrogen (secondary N) is 1. The molecule has 0 saturated heterocycles. The summed E-state index contributed by atoms with van der Waals surface area (Å²) in [4.78, 5) is 34.4. The fraction of sp³-hybridized carbons (Fsp3) is 0.263. The average molecular weight is 402 g/mol. The lowest BCUT2D eigenvalue weighted by atomic mass is 10.0. The number of benzene rings is 2. The summed E-state index contributed by atoms with van der Waals surface area (Å²) in [5, 5.41) is 13.3. The van der Waals surface area contributed by atoms with Crippen molar-refractivity contribution >= 4 is 17.7 Å². The van der Waals surface area contributed by atoms with Gasteiger partial charge in [-0.3, -0.25) is 14.9 Å². The number of esters is 1. The summed E-state index contributed by atoms with van der Waals surface area (Å²) < 4.78 is 20.7. The van der Waals surface area contributed by atoms with E-state index in [2.05, 4.69) is 5.32 Å². The lowest BCUT2D eigenvalue weighted by Gasteiger charge is -2.18. The van der Waals surface area contributed by atoms with Gasteiger partial charge in [0.2, 0.25) is 6.79 Å². The Morgan fingerprint density at radius 2 is 1.90 bits per heavy atom. The van der Waals surface area contributed by atoms with Gasteiger partial charge in [0.25, 0.3) is 5.69 Å². The number of ether oxygens (including phenoxy) is 4. The van der Waals surface area contributed by atoms with Gasteiger partial charge in [-0.15, -0.1) is 0 Å². The monoisotopic (exact) mass is 402 g/mol. The standard InChI is InChI=1S/C19H18N2O8/c1-2-26-18(22)10-15(12-3-8-16-17(9-12)28-11-27-16)20-19(23)29-14-6-4-13(5-7-14)21(24)25/h3-9,15H,2,10-11H2,1H3,(H,20,23)/t15-/m0/s1. The quantitative estimate of drug-likeness (QED) is 0.425. The molecule has 152 valence electrons. The van der Waals surface area contributed by atoms with Crippen LogP contribution < -0.4 is 19.5 Å². The molecule has 10 nitrogen and oxygen atoms in total. The zero-order valence-corrected chi connectivity index (χ0v) is 15.5. The highest BCUT2D eigenvalue weighted by atomic mass is 16.7. The van der Waals surface area contributed by atoms with Crippen molar-refractivity contribution in [3.05, 3.63) is 58.1 Å². The van der Waals surface area contributed by atoms with Gasteiger partial charge in [-0.05, 0) is 36.8 Å². The van der Waals surface area contributed by atoms with Gasteiger partial charge >= 0.3 is 12.1 Å². The average Bonchev–Trinajstić information content (AvgIpc) is 3.16. The van der Waals surface area contributed by atoms with Crippen LogP contribution in [0.5, 0.6) is 17.2 Å². The minimum atomic E-state index is -0.828. The molecule has 2 aromatic carbocycles. The summed E-state index contributed by atoms with van der Waals surface area (Å²) in [5.74, 6) is 0.693. The fourth-order valence-corrected chi connectivity index (χ4v) is 2.68. The highest BCUT2D eigenvalue weighted by molar-refractivity contribution is 5.74. The Balaban J connectivity index is 1.72. The molecule has 0 saturated carbocycles. The van der Waals surface area contributed by atoms with Crippen LogP contribution in [0.1, 0.15) is 24.9 Å². The lowest BCUT2D eigenvalue weighted by molar-refractivity contribution is -0.384. The Kier molecular flexibility index (Phi) is 6.12. The molecule has 1 heterocycles. The summed E-state index contributed by atoms with van der Waals surface area (Å²) >= 11 is 0. The predicted molar refractivity (Wildman–Crippen MR) is 98.8 cm³/mol. The van der Waals surface area contributed by atoms with Crippen LogP contribution in [0.4, 0.5) is 10.5 Å². The molecule has 1 amide bonds. The Labute approximate surface area is 165 Å². The van der Waals surface area contributed by atoms with Crippen LogP contribution >= 0.6 is 0 Å². The third-order valence-electron chi connectivity index (χ3n) is 4.03. The van der Waals surface area contributed by atoms with E-state index in [0.717, 1.165) is 0 Å². The second kappa shape index (κ2) is 8.91. The first-order chi connectivity index (χ1) is 14.0. The van der Waals surface area contributed by atoms with Crippen molar-refractivity contribution < 1.29 is 33.5 Å². The maximum Gasteiger partial charge on any atom is 0.413 e. The second-order valence-electron chi connectivity index (χ2n) is 5.96. The maximum absolute atomic E-state index is 12.3. The van der Waals surface area contributed by atoms with Crippen LogP contribution in [0.2, 0.25) is 0 Å². The van der Waals surface area contributed by atoms with E-state index in [-0.39, 0.29) is 31.3 Å². The highest BCUT2D eigenvalue weighted by Gasteiger charge is 2.23. The Hall–Kier alpha value is -3.82. The number of fused-ring (bicyclic) bond motifs is 1. The first-order valence-electron chi connectivity index (χ1n) is 8.74. The van der Waals surface area contributed by atoms with Crippen LogP contribution in [-0.2, 0) is 9.53 Å². The summed E-state index contributed by atoms with van der Waals surface area (Å²) in [7, 11) is 0. The Morgan fingerprint density at radius 3 is 2.59 bits per heavy atom. The number of rotatable bonds is 7. The molecule has 10 heteroatoms. The molecule has 0 unspecified atom stereocenters. The zero-order chi connectivity index (χ0) is 20.8. The summed E-state index contributed by atoms with van der Waals surface area (Å²) in [5.41, 5.74) is 0.473. The molecule has 0 aromatic heterocycles. The van der Waals surface area contributed by atoms with Crippen molar-refractivity contribution in [2.24, 2.45) is 0 Å². The third-order valence-corrected chi connectivity index (χ3v) is 4.03. The molecular weight excluding hydrogens is 384 g/mol. The molecule has 0 fully saturated rings. The van der Waals surface area contributed by atoms with Crippen LogP contribution in [0.15, 0.2) is 42.5 Å². The number of nitro groups is 1. The van der Waals surface area contributed by atoms with E-state index < -0.39 is 23.0 Å². The maximum atomic E-state index is 12.3. The van der Waals surface area contributed by atoms with E-state index >= 15 is 0 Å². The first-order valence-corrected chi connectivity index (χ1v) is 8.74. The molecule has 0 radical (unpaired) electrons. The van der Waals surface area contributed by atoms with Crippen LogP contribution in [-0.4, -0.2) is 30.4 Å². The number of non-ortho nitro benzene ring substituents is 1. The van der Waals surface area contributed by atoms with Crippen molar-refractivity contribution in [1.29, 1.82) is 0 Å². The number of carbonyl (C=O) groups is 2. The predicted octanol–water partition coefficient (Wildman–Crippen LogP) is 3.11. The minimum Gasteiger partial charge on any atom is -0.466 e. The van der Waals surface area contributed by atoms with Crippen molar-refractivity contribution in [1.82, 2.24) is 5.32 Å². The molecule has 0 bridgehead atoms. The van der Waals surface area contributed by atoms with E-state index in [1.54, 1.807) is 25.1 Å². The first kappa shape index (κ1) is 19.9. The van der Waals surface area contributed by atoms with Gasteiger partial charge in [0.15, 0.2) is 11.5 Å². The molecular formula is C19H18N2O8. The molecule has 1 aliphatic heterocycles. The molecule has 1 N–H and O–H groups in total. The van der Waals surface area contributed by atoms with Crippen LogP contribution in [0, 0.1) is 10.1 Å². The number of carbonyl (C=O) groups excluding carboxylic acids is 2. The SMILES string of the molecule is CCOC(=O)C[C@H](NC(=O)Oc1ccc([N+](=O)[O-])cc1)c1ccc2c(c1)OCO2. The smallest absolute Gasteiger partial charge is 0.413 e. The van der Waals surface area contributed by atoms with E-state index in [9.17, 15) is 19.7 Å². The fourth-order valence-electron chi connectivity index (χ4n) is 2.68. The molecule has 0 aliphatic carbocycles. The van der Waals surface area contributed by atoms with Crippen molar-refractivity contribution in [2.75, 3.05) is 13.4 Å². The molecule has 1 atom stereocenters. The van der Waals surface area contributed by atoms with E-state index in [1.165, 1.54) is 24.3 Å². The number of nitrogens with zero attached hydrogens (tertiary/aromatic N) is 1. The van der Waals surface area contributed by atoms with Gasteiger partial charge in [0.05, 0.1) is 24.0 Å². The zero-order valence-electron chi connectivity index (χ0n) is 15.5. The number of amides is 1. The van der Waals surface area contributed by atoms with Gasteiger partial charge in [0, 0.05) is 12.1 Å². The summed E-state index contributed by atoms with van der Waals surface area (Å²) in [6, 6.07) is 9.35. The van der Waals surface area contributed by atoms with E-state index in [1.807, 2.05) is 0 Å². The normalized spacial score (nSPS) is 12.7. The molecule has 29 heavy (non-hydrogen) atoms. The van der Waals surface area contributed by atoms with Crippen molar-refractivity contribution in [3.63, 3.8) is 0 Å². The number of nitro benzene ring substituents is 1. The summed E-state index contributed by atoms with van der Waals surface area (Å²) in [6.45, 7) is 1.99. The number of hydrogen-bond acceptors (Lipinski definition) is 8. The topological polar surface area (TPSA) is 126 Å². The van der Waals surface area contributed by atoms with Gasteiger partial charge in [-0.2, -0.15) is 0 Å². The van der Waals surface area contributed by atoms with Gasteiger partial charge in [-0.1, -0.05) is 6.07 Å². The van der Waals surface area contributed by atoms with Gasteiger partial charge < -0.3 is 24.3 Å². The Morgan fingerprint density at radius 1 is 1.17 bits per heavy atom. The second-order valence-corrected chi connectivity index (χ2v) is 5.96.